The Morgan fingerprint density at radius 3 is 2.67 bits per heavy atom. The molecule has 0 spiro atoms. The lowest BCUT2D eigenvalue weighted by molar-refractivity contribution is 0.358. The zero-order valence-corrected chi connectivity index (χ0v) is 10.6. The molecule has 4 heteroatoms. The van der Waals surface area contributed by atoms with Crippen molar-refractivity contribution < 1.29 is 8.78 Å². The lowest BCUT2D eigenvalue weighted by Crippen LogP contribution is -2.43. The first-order valence-electron chi connectivity index (χ1n) is 6.21. The maximum absolute atomic E-state index is 14.0. The topological polar surface area (TPSA) is 27.0 Å². The highest BCUT2D eigenvalue weighted by atomic mass is 19.2. The predicted molar refractivity (Wildman–Crippen MR) is 66.3 cm³/mol. The molecule has 0 saturated carbocycles. The Kier molecular flexibility index (Phi) is 3.51. The van der Waals surface area contributed by atoms with E-state index in [1.807, 2.05) is 11.8 Å². The SMILES string of the molecule is CC1CCCN(c2ccc(C#N)c(F)c2F)C1C. The van der Waals surface area contributed by atoms with Crippen molar-refractivity contribution in [3.8, 4) is 6.07 Å². The molecule has 1 fully saturated rings. The van der Waals surface area contributed by atoms with Gasteiger partial charge in [-0.2, -0.15) is 5.26 Å². The molecular formula is C14H16F2N2. The highest BCUT2D eigenvalue weighted by molar-refractivity contribution is 5.53. The number of benzene rings is 1. The Morgan fingerprint density at radius 2 is 2.00 bits per heavy atom. The molecule has 1 heterocycles. The molecule has 1 aromatic rings. The van der Waals surface area contributed by atoms with Crippen molar-refractivity contribution in [1.29, 1.82) is 5.26 Å². The second-order valence-corrected chi connectivity index (χ2v) is 4.93. The first-order chi connectivity index (χ1) is 8.56. The lowest BCUT2D eigenvalue weighted by atomic mass is 9.91. The van der Waals surface area contributed by atoms with Gasteiger partial charge in [-0.05, 0) is 37.8 Å². The number of nitriles is 1. The van der Waals surface area contributed by atoms with E-state index in [-0.39, 0.29) is 17.3 Å². The molecule has 96 valence electrons. The van der Waals surface area contributed by atoms with E-state index in [1.54, 1.807) is 6.07 Å². The van der Waals surface area contributed by atoms with Crippen molar-refractivity contribution in [3.63, 3.8) is 0 Å². The first kappa shape index (κ1) is 12.8. The third-order valence-electron chi connectivity index (χ3n) is 3.87. The molecule has 2 nitrogen and oxygen atoms in total. The minimum atomic E-state index is -1.04. The van der Waals surface area contributed by atoms with Crippen LogP contribution < -0.4 is 4.90 Å². The summed E-state index contributed by atoms with van der Waals surface area (Å²) in [5.74, 6) is -1.49. The molecule has 0 bridgehead atoms. The van der Waals surface area contributed by atoms with E-state index in [2.05, 4.69) is 6.92 Å². The van der Waals surface area contributed by atoms with Crippen LogP contribution in [0.25, 0.3) is 0 Å². The van der Waals surface area contributed by atoms with Crippen LogP contribution in [0.4, 0.5) is 14.5 Å². The molecular weight excluding hydrogens is 234 g/mol. The first-order valence-corrected chi connectivity index (χ1v) is 6.21. The van der Waals surface area contributed by atoms with Crippen LogP contribution in [0, 0.1) is 28.9 Å². The van der Waals surface area contributed by atoms with Gasteiger partial charge in [0.2, 0.25) is 0 Å². The van der Waals surface area contributed by atoms with Crippen LogP contribution in [0.3, 0.4) is 0 Å². The van der Waals surface area contributed by atoms with E-state index in [9.17, 15) is 8.78 Å². The summed E-state index contributed by atoms with van der Waals surface area (Å²) in [6.07, 6.45) is 2.09. The number of halogens is 2. The van der Waals surface area contributed by atoms with Gasteiger partial charge in [-0.3, -0.25) is 0 Å². The van der Waals surface area contributed by atoms with Crippen LogP contribution in [0.1, 0.15) is 32.3 Å². The third kappa shape index (κ3) is 2.05. The molecule has 0 aromatic heterocycles. The third-order valence-corrected chi connectivity index (χ3v) is 3.87. The van der Waals surface area contributed by atoms with Gasteiger partial charge >= 0.3 is 0 Å². The van der Waals surface area contributed by atoms with Crippen LogP contribution in [0.15, 0.2) is 12.1 Å². The number of rotatable bonds is 1. The highest BCUT2D eigenvalue weighted by Gasteiger charge is 2.28. The molecule has 2 rings (SSSR count). The van der Waals surface area contributed by atoms with Crippen LogP contribution in [-0.2, 0) is 0 Å². The van der Waals surface area contributed by atoms with Crippen LogP contribution >= 0.6 is 0 Å². The minimum absolute atomic E-state index is 0.181. The van der Waals surface area contributed by atoms with E-state index >= 15 is 0 Å². The monoisotopic (exact) mass is 250 g/mol. The smallest absolute Gasteiger partial charge is 0.183 e. The van der Waals surface area contributed by atoms with Gasteiger partial charge in [-0.25, -0.2) is 8.78 Å². The summed E-state index contributed by atoms with van der Waals surface area (Å²) < 4.78 is 27.6. The molecule has 2 unspecified atom stereocenters. The number of piperidine rings is 1. The largest absolute Gasteiger partial charge is 0.366 e. The number of hydrogen-bond donors (Lipinski definition) is 0. The Hall–Kier alpha value is -1.63. The molecule has 1 aliphatic rings. The predicted octanol–water partition coefficient (Wildman–Crippen LogP) is 3.46. The maximum Gasteiger partial charge on any atom is 0.183 e. The summed E-state index contributed by atoms with van der Waals surface area (Å²) in [6, 6.07) is 4.69. The van der Waals surface area contributed by atoms with Gasteiger partial charge in [0.1, 0.15) is 6.07 Å². The zero-order valence-electron chi connectivity index (χ0n) is 10.6. The van der Waals surface area contributed by atoms with Gasteiger partial charge in [0, 0.05) is 12.6 Å². The van der Waals surface area contributed by atoms with E-state index in [0.717, 1.165) is 19.4 Å². The average Bonchev–Trinajstić information content (AvgIpc) is 2.37. The molecule has 0 radical (unpaired) electrons. The molecule has 1 aromatic carbocycles. The van der Waals surface area contributed by atoms with Gasteiger partial charge < -0.3 is 4.90 Å². The summed E-state index contributed by atoms with van der Waals surface area (Å²) in [5.41, 5.74) is 0.0273. The van der Waals surface area contributed by atoms with E-state index in [4.69, 9.17) is 5.26 Å². The molecule has 0 amide bonds. The van der Waals surface area contributed by atoms with Crippen molar-refractivity contribution in [2.45, 2.75) is 32.7 Å². The Morgan fingerprint density at radius 1 is 1.28 bits per heavy atom. The Bertz CT molecular complexity index is 493. The quantitative estimate of drug-likeness (QED) is 0.763. The minimum Gasteiger partial charge on any atom is -0.366 e. The zero-order chi connectivity index (χ0) is 13.3. The molecule has 0 N–H and O–H groups in total. The summed E-state index contributed by atoms with van der Waals surface area (Å²) in [4.78, 5) is 1.90. The van der Waals surface area contributed by atoms with Crippen LogP contribution in [0.2, 0.25) is 0 Å². The van der Waals surface area contributed by atoms with E-state index < -0.39 is 11.6 Å². The fourth-order valence-corrected chi connectivity index (χ4v) is 2.52. The summed E-state index contributed by atoms with van der Waals surface area (Å²) in [5, 5.41) is 8.67. The normalized spacial score (nSPS) is 23.8. The van der Waals surface area contributed by atoms with Crippen molar-refractivity contribution in [1.82, 2.24) is 0 Å². The molecule has 1 saturated heterocycles. The molecule has 0 aliphatic carbocycles. The van der Waals surface area contributed by atoms with E-state index in [0.29, 0.717) is 5.92 Å². The van der Waals surface area contributed by atoms with Crippen molar-refractivity contribution in [2.75, 3.05) is 11.4 Å². The molecule has 18 heavy (non-hydrogen) atoms. The fraction of sp³-hybridized carbons (Fsp3) is 0.500. The second-order valence-electron chi connectivity index (χ2n) is 4.93. The van der Waals surface area contributed by atoms with Crippen molar-refractivity contribution in [3.05, 3.63) is 29.3 Å². The Labute approximate surface area is 106 Å². The van der Waals surface area contributed by atoms with Crippen LogP contribution in [0.5, 0.6) is 0 Å². The van der Waals surface area contributed by atoms with E-state index in [1.165, 1.54) is 12.1 Å². The fourth-order valence-electron chi connectivity index (χ4n) is 2.52. The summed E-state index contributed by atoms with van der Waals surface area (Å²) in [7, 11) is 0. The van der Waals surface area contributed by atoms with Gasteiger partial charge in [0.05, 0.1) is 11.3 Å². The van der Waals surface area contributed by atoms with Gasteiger partial charge in [-0.15, -0.1) is 0 Å². The summed E-state index contributed by atoms with van der Waals surface area (Å²) >= 11 is 0. The number of anilines is 1. The number of nitrogens with zero attached hydrogens (tertiary/aromatic N) is 2. The maximum atomic E-state index is 14.0. The van der Waals surface area contributed by atoms with Gasteiger partial charge in [-0.1, -0.05) is 6.92 Å². The molecule has 2 atom stereocenters. The lowest BCUT2D eigenvalue weighted by Gasteiger charge is -2.39. The Balaban J connectivity index is 2.40. The van der Waals surface area contributed by atoms with Crippen molar-refractivity contribution >= 4 is 5.69 Å². The van der Waals surface area contributed by atoms with Gasteiger partial charge in [0.15, 0.2) is 11.6 Å². The molecule has 1 aliphatic heterocycles. The van der Waals surface area contributed by atoms with Crippen molar-refractivity contribution in [2.24, 2.45) is 5.92 Å². The second kappa shape index (κ2) is 4.93. The average molecular weight is 250 g/mol. The number of hydrogen-bond acceptors (Lipinski definition) is 2. The summed E-state index contributed by atoms with van der Waals surface area (Å²) in [6.45, 7) is 4.88. The highest BCUT2D eigenvalue weighted by Crippen LogP contribution is 2.31. The van der Waals surface area contributed by atoms with Gasteiger partial charge in [0.25, 0.3) is 0 Å². The van der Waals surface area contributed by atoms with Crippen LogP contribution in [-0.4, -0.2) is 12.6 Å². The standard InChI is InChI=1S/C14H16F2N2/c1-9-4-3-7-18(10(9)2)12-6-5-11(8-17)13(15)14(12)16/h5-6,9-10H,3-4,7H2,1-2H3.